The lowest BCUT2D eigenvalue weighted by atomic mass is 10.2. The van der Waals surface area contributed by atoms with Crippen LogP contribution in [0.4, 0.5) is 0 Å². The average Bonchev–Trinajstić information content (AvgIpc) is 3.13. The molecule has 0 radical (unpaired) electrons. The molecule has 1 aliphatic rings. The Morgan fingerprint density at radius 1 is 1.47 bits per heavy atom. The molecule has 0 amide bonds. The zero-order valence-corrected chi connectivity index (χ0v) is 10.6. The van der Waals surface area contributed by atoms with Gasteiger partial charge in [0.15, 0.2) is 0 Å². The van der Waals surface area contributed by atoms with Crippen molar-refractivity contribution in [2.75, 3.05) is 7.05 Å². The maximum Gasteiger partial charge on any atom is 0.208 e. The fraction of sp³-hybridized carbons (Fsp3) is 0.417. The molecule has 1 saturated carbocycles. The first-order valence-corrected chi connectivity index (χ1v) is 6.07. The summed E-state index contributed by atoms with van der Waals surface area (Å²) < 4.78 is 0. The summed E-state index contributed by atoms with van der Waals surface area (Å²) >= 11 is 5.85. The van der Waals surface area contributed by atoms with Gasteiger partial charge in [-0.05, 0) is 30.5 Å². The molecular formula is C12H17ClN4. The molecule has 0 unspecified atom stereocenters. The van der Waals surface area contributed by atoms with E-state index in [-0.39, 0.29) is 0 Å². The van der Waals surface area contributed by atoms with Crippen LogP contribution in [0.3, 0.4) is 0 Å². The molecule has 0 heterocycles. The normalized spacial score (nSPS) is 15.8. The van der Waals surface area contributed by atoms with Gasteiger partial charge in [0.05, 0.1) is 6.04 Å². The van der Waals surface area contributed by atoms with Crippen LogP contribution in [0.15, 0.2) is 29.3 Å². The zero-order valence-electron chi connectivity index (χ0n) is 9.86. The monoisotopic (exact) mass is 252 g/mol. The van der Waals surface area contributed by atoms with Crippen LogP contribution >= 0.6 is 11.6 Å². The molecule has 0 aromatic heterocycles. The summed E-state index contributed by atoms with van der Waals surface area (Å²) in [6.07, 6.45) is 2.33. The van der Waals surface area contributed by atoms with Gasteiger partial charge < -0.3 is 4.90 Å². The number of hydrogen-bond donors (Lipinski definition) is 2. The molecule has 3 N–H and O–H groups in total. The molecule has 0 spiro atoms. The lowest BCUT2D eigenvalue weighted by molar-refractivity contribution is 0.476. The Morgan fingerprint density at radius 2 is 2.12 bits per heavy atom. The van der Waals surface area contributed by atoms with Gasteiger partial charge in [-0.15, -0.1) is 0 Å². The number of halogens is 1. The van der Waals surface area contributed by atoms with Crippen LogP contribution in [0.2, 0.25) is 5.02 Å². The Hall–Kier alpha value is -1.26. The molecule has 1 aliphatic carbocycles. The Morgan fingerprint density at radius 3 is 2.65 bits per heavy atom. The number of hydrogen-bond acceptors (Lipinski definition) is 2. The van der Waals surface area contributed by atoms with Crippen molar-refractivity contribution in [3.8, 4) is 0 Å². The molecule has 0 bridgehead atoms. The second-order valence-electron chi connectivity index (χ2n) is 4.31. The van der Waals surface area contributed by atoms with Crippen LogP contribution in [0.1, 0.15) is 18.4 Å². The number of aliphatic imine (C=N–C) groups is 1. The van der Waals surface area contributed by atoms with Gasteiger partial charge in [-0.25, -0.2) is 10.8 Å². The molecule has 17 heavy (non-hydrogen) atoms. The van der Waals surface area contributed by atoms with Crippen LogP contribution in [0.5, 0.6) is 0 Å². The SMILES string of the molecule is CN(Cc1ccc(Cl)cc1)C(=NC1CC1)NN. The summed E-state index contributed by atoms with van der Waals surface area (Å²) in [6, 6.07) is 8.24. The molecule has 2 rings (SSSR count). The summed E-state index contributed by atoms with van der Waals surface area (Å²) in [5.41, 5.74) is 3.83. The number of nitrogens with two attached hydrogens (primary N) is 1. The van der Waals surface area contributed by atoms with E-state index in [2.05, 4.69) is 10.4 Å². The first kappa shape index (κ1) is 12.2. The van der Waals surface area contributed by atoms with E-state index in [1.165, 1.54) is 18.4 Å². The molecule has 0 atom stereocenters. The standard InChI is InChI=1S/C12H17ClN4/c1-17(12(16-14)15-11-6-7-11)8-9-2-4-10(13)5-3-9/h2-5,11H,6-8,14H2,1H3,(H,15,16). The zero-order chi connectivity index (χ0) is 12.3. The molecule has 1 fully saturated rings. The highest BCUT2D eigenvalue weighted by atomic mass is 35.5. The predicted octanol–water partition coefficient (Wildman–Crippen LogP) is 1.75. The van der Waals surface area contributed by atoms with Crippen LogP contribution in [-0.4, -0.2) is 23.9 Å². The van der Waals surface area contributed by atoms with E-state index in [1.807, 2.05) is 36.2 Å². The lowest BCUT2D eigenvalue weighted by Crippen LogP contribution is -2.42. The summed E-state index contributed by atoms with van der Waals surface area (Å²) in [7, 11) is 1.97. The van der Waals surface area contributed by atoms with Crippen molar-refractivity contribution in [1.29, 1.82) is 0 Å². The Balaban J connectivity index is 1.99. The van der Waals surface area contributed by atoms with Crippen molar-refractivity contribution in [1.82, 2.24) is 10.3 Å². The summed E-state index contributed by atoms with van der Waals surface area (Å²) in [5.74, 6) is 6.22. The third kappa shape index (κ3) is 3.61. The maximum absolute atomic E-state index is 5.85. The molecule has 1 aromatic carbocycles. The highest BCUT2D eigenvalue weighted by Gasteiger charge is 2.21. The molecule has 0 aliphatic heterocycles. The first-order valence-electron chi connectivity index (χ1n) is 5.69. The second-order valence-corrected chi connectivity index (χ2v) is 4.75. The third-order valence-corrected chi connectivity index (χ3v) is 2.93. The largest absolute Gasteiger partial charge is 0.341 e. The maximum atomic E-state index is 5.85. The van der Waals surface area contributed by atoms with Crippen molar-refractivity contribution in [3.05, 3.63) is 34.9 Å². The smallest absolute Gasteiger partial charge is 0.208 e. The van der Waals surface area contributed by atoms with Crippen molar-refractivity contribution in [2.45, 2.75) is 25.4 Å². The summed E-state index contributed by atoms with van der Waals surface area (Å²) in [4.78, 5) is 6.50. The predicted molar refractivity (Wildman–Crippen MR) is 70.7 cm³/mol. The first-order chi connectivity index (χ1) is 8.19. The summed E-state index contributed by atoms with van der Waals surface area (Å²) in [6.45, 7) is 0.757. The number of nitrogens with one attached hydrogen (secondary N) is 1. The van der Waals surface area contributed by atoms with Crippen molar-refractivity contribution in [3.63, 3.8) is 0 Å². The average molecular weight is 253 g/mol. The lowest BCUT2D eigenvalue weighted by Gasteiger charge is -2.20. The minimum absolute atomic E-state index is 0.453. The highest BCUT2D eigenvalue weighted by molar-refractivity contribution is 6.30. The second kappa shape index (κ2) is 5.38. The van der Waals surface area contributed by atoms with Crippen molar-refractivity contribution >= 4 is 17.6 Å². The Bertz CT molecular complexity index is 397. The molecule has 5 heteroatoms. The van der Waals surface area contributed by atoms with Crippen LogP contribution in [0, 0.1) is 0 Å². The van der Waals surface area contributed by atoms with E-state index >= 15 is 0 Å². The molecule has 1 aromatic rings. The van der Waals surface area contributed by atoms with Crippen LogP contribution in [0.25, 0.3) is 0 Å². The fourth-order valence-electron chi connectivity index (χ4n) is 1.56. The van der Waals surface area contributed by atoms with Gasteiger partial charge in [-0.1, -0.05) is 23.7 Å². The van der Waals surface area contributed by atoms with Gasteiger partial charge in [-0.2, -0.15) is 0 Å². The van der Waals surface area contributed by atoms with Crippen LogP contribution in [-0.2, 0) is 6.54 Å². The van der Waals surface area contributed by atoms with E-state index in [1.54, 1.807) is 0 Å². The van der Waals surface area contributed by atoms with Crippen molar-refractivity contribution in [2.24, 2.45) is 10.8 Å². The van der Waals surface area contributed by atoms with E-state index in [4.69, 9.17) is 17.4 Å². The molecule has 92 valence electrons. The van der Waals surface area contributed by atoms with Gasteiger partial charge in [0.1, 0.15) is 0 Å². The topological polar surface area (TPSA) is 53.6 Å². The molecule has 0 saturated heterocycles. The van der Waals surface area contributed by atoms with E-state index in [0.29, 0.717) is 6.04 Å². The van der Waals surface area contributed by atoms with Gasteiger partial charge in [-0.3, -0.25) is 5.43 Å². The van der Waals surface area contributed by atoms with Gasteiger partial charge in [0.25, 0.3) is 0 Å². The minimum Gasteiger partial charge on any atom is -0.341 e. The molecular weight excluding hydrogens is 236 g/mol. The number of nitrogens with zero attached hydrogens (tertiary/aromatic N) is 2. The van der Waals surface area contributed by atoms with Crippen molar-refractivity contribution < 1.29 is 0 Å². The highest BCUT2D eigenvalue weighted by Crippen LogP contribution is 2.23. The van der Waals surface area contributed by atoms with Gasteiger partial charge >= 0.3 is 0 Å². The summed E-state index contributed by atoms with van der Waals surface area (Å²) in [5, 5.41) is 0.750. The van der Waals surface area contributed by atoms with E-state index < -0.39 is 0 Å². The van der Waals surface area contributed by atoms with E-state index in [9.17, 15) is 0 Å². The van der Waals surface area contributed by atoms with Crippen LogP contribution < -0.4 is 11.3 Å². The Labute approximate surface area is 106 Å². The van der Waals surface area contributed by atoms with Gasteiger partial charge in [0.2, 0.25) is 5.96 Å². The molecule has 4 nitrogen and oxygen atoms in total. The number of rotatable bonds is 3. The number of hydrazine groups is 1. The number of benzene rings is 1. The van der Waals surface area contributed by atoms with Gasteiger partial charge in [0, 0.05) is 18.6 Å². The minimum atomic E-state index is 0.453. The fourth-order valence-corrected chi connectivity index (χ4v) is 1.69. The third-order valence-electron chi connectivity index (χ3n) is 2.68. The van der Waals surface area contributed by atoms with E-state index in [0.717, 1.165) is 17.5 Å². The number of guanidine groups is 1. The quantitative estimate of drug-likeness (QED) is 0.373. The Kier molecular flexibility index (Phi) is 3.86.